The molecule has 1 aromatic heterocycles. The van der Waals surface area contributed by atoms with E-state index in [-0.39, 0.29) is 30.3 Å². The fourth-order valence-electron chi connectivity index (χ4n) is 1.97. The minimum atomic E-state index is -1.26. The molecule has 21 heavy (non-hydrogen) atoms. The number of nitrogens with zero attached hydrogens (tertiary/aromatic N) is 2. The zero-order valence-corrected chi connectivity index (χ0v) is 11.3. The molecule has 0 unspecified atom stereocenters. The number of carbonyl (C=O) groups is 3. The van der Waals surface area contributed by atoms with Crippen LogP contribution in [0, 0.1) is 0 Å². The number of H-pyrrole nitrogens is 1. The third-order valence-corrected chi connectivity index (χ3v) is 3.06. The van der Waals surface area contributed by atoms with Crippen molar-refractivity contribution in [3.63, 3.8) is 0 Å². The zero-order chi connectivity index (χ0) is 15.2. The van der Waals surface area contributed by atoms with E-state index >= 15 is 0 Å². The molecule has 114 valence electrons. The van der Waals surface area contributed by atoms with Gasteiger partial charge >= 0.3 is 5.97 Å². The van der Waals surface area contributed by atoms with E-state index in [0.29, 0.717) is 26.3 Å². The Kier molecular flexibility index (Phi) is 4.88. The lowest BCUT2D eigenvalue weighted by molar-refractivity contribution is -0.135. The number of hydrogen-bond acceptors (Lipinski definition) is 5. The number of aromatic carboxylic acids is 1. The Morgan fingerprint density at radius 1 is 1.38 bits per heavy atom. The van der Waals surface area contributed by atoms with Crippen molar-refractivity contribution in [1.29, 1.82) is 0 Å². The number of aromatic amines is 1. The molecular formula is C12H16N4O5. The summed E-state index contributed by atoms with van der Waals surface area (Å²) in [5.74, 6) is -1.95. The van der Waals surface area contributed by atoms with Gasteiger partial charge in [0.2, 0.25) is 5.91 Å². The zero-order valence-electron chi connectivity index (χ0n) is 11.3. The molecule has 0 spiro atoms. The summed E-state index contributed by atoms with van der Waals surface area (Å²) in [6.07, 6.45) is 1.29. The largest absolute Gasteiger partial charge is 0.477 e. The smallest absolute Gasteiger partial charge is 0.354 e. The van der Waals surface area contributed by atoms with Gasteiger partial charge in [0.15, 0.2) is 11.4 Å². The summed E-state index contributed by atoms with van der Waals surface area (Å²) < 4.78 is 5.15. The van der Waals surface area contributed by atoms with Gasteiger partial charge in [-0.1, -0.05) is 0 Å². The number of imidazole rings is 1. The van der Waals surface area contributed by atoms with Gasteiger partial charge in [-0.2, -0.15) is 0 Å². The van der Waals surface area contributed by atoms with Crippen LogP contribution in [0.3, 0.4) is 0 Å². The van der Waals surface area contributed by atoms with Crippen LogP contribution < -0.4 is 5.32 Å². The van der Waals surface area contributed by atoms with Gasteiger partial charge in [-0.05, 0) is 0 Å². The summed E-state index contributed by atoms with van der Waals surface area (Å²) in [4.78, 5) is 42.2. The summed E-state index contributed by atoms with van der Waals surface area (Å²) >= 11 is 0. The second-order valence-electron chi connectivity index (χ2n) is 4.43. The first-order valence-electron chi connectivity index (χ1n) is 6.50. The van der Waals surface area contributed by atoms with Gasteiger partial charge in [-0.3, -0.25) is 9.59 Å². The second-order valence-corrected chi connectivity index (χ2v) is 4.43. The highest BCUT2D eigenvalue weighted by atomic mass is 16.5. The standard InChI is InChI=1S/C12H16N4O5/c17-8(16-3-5-21-6-4-16)1-2-13-11(18)9-10(12(19)20)15-7-14-9/h7H,1-6H2,(H,13,18)(H,14,15)(H,19,20). The second kappa shape index (κ2) is 6.84. The Morgan fingerprint density at radius 2 is 2.10 bits per heavy atom. The van der Waals surface area contributed by atoms with Gasteiger partial charge in [0.25, 0.3) is 5.91 Å². The van der Waals surface area contributed by atoms with Crippen LogP contribution in [0.25, 0.3) is 0 Å². The number of hydrogen-bond donors (Lipinski definition) is 3. The Bertz CT molecular complexity index is 536. The van der Waals surface area contributed by atoms with Crippen molar-refractivity contribution in [3.8, 4) is 0 Å². The first kappa shape index (κ1) is 15.0. The predicted octanol–water partition coefficient (Wildman–Crippen LogP) is -0.913. The van der Waals surface area contributed by atoms with Gasteiger partial charge in [-0.25, -0.2) is 9.78 Å². The van der Waals surface area contributed by atoms with Crippen molar-refractivity contribution in [1.82, 2.24) is 20.2 Å². The molecule has 0 atom stereocenters. The van der Waals surface area contributed by atoms with E-state index in [1.807, 2.05) is 0 Å². The maximum absolute atomic E-state index is 11.8. The highest BCUT2D eigenvalue weighted by Crippen LogP contribution is 2.03. The number of nitrogens with one attached hydrogen (secondary N) is 2. The van der Waals surface area contributed by atoms with Crippen LogP contribution in [0.5, 0.6) is 0 Å². The summed E-state index contributed by atoms with van der Waals surface area (Å²) in [5, 5.41) is 11.4. The van der Waals surface area contributed by atoms with E-state index in [9.17, 15) is 14.4 Å². The lowest BCUT2D eigenvalue weighted by Gasteiger charge is -2.26. The summed E-state index contributed by atoms with van der Waals surface area (Å²) in [7, 11) is 0. The van der Waals surface area contributed by atoms with Gasteiger partial charge in [0.1, 0.15) is 0 Å². The van der Waals surface area contributed by atoms with Crippen molar-refractivity contribution in [2.24, 2.45) is 0 Å². The predicted molar refractivity (Wildman–Crippen MR) is 69.9 cm³/mol. The fraction of sp³-hybridized carbons (Fsp3) is 0.500. The van der Waals surface area contributed by atoms with Crippen molar-refractivity contribution < 1.29 is 24.2 Å². The lowest BCUT2D eigenvalue weighted by atomic mass is 10.3. The molecular weight excluding hydrogens is 280 g/mol. The molecule has 0 aromatic carbocycles. The fourth-order valence-corrected chi connectivity index (χ4v) is 1.97. The maximum Gasteiger partial charge on any atom is 0.354 e. The molecule has 1 aliphatic rings. The van der Waals surface area contributed by atoms with Crippen molar-refractivity contribution in [2.45, 2.75) is 6.42 Å². The molecule has 2 heterocycles. The number of carboxylic acid groups (broad SMARTS) is 1. The monoisotopic (exact) mass is 296 g/mol. The Labute approximate surface area is 120 Å². The molecule has 2 amide bonds. The number of amides is 2. The molecule has 0 bridgehead atoms. The van der Waals surface area contributed by atoms with Gasteiger partial charge < -0.3 is 25.0 Å². The highest BCUT2D eigenvalue weighted by molar-refractivity contribution is 6.02. The van der Waals surface area contributed by atoms with Crippen molar-refractivity contribution >= 4 is 17.8 Å². The molecule has 0 saturated carbocycles. The molecule has 1 saturated heterocycles. The van der Waals surface area contributed by atoms with E-state index in [4.69, 9.17) is 9.84 Å². The lowest BCUT2D eigenvalue weighted by Crippen LogP contribution is -2.42. The first-order valence-corrected chi connectivity index (χ1v) is 6.50. The van der Waals surface area contributed by atoms with Crippen LogP contribution in [-0.4, -0.2) is 70.6 Å². The summed E-state index contributed by atoms with van der Waals surface area (Å²) in [5.41, 5.74) is -0.465. The average molecular weight is 296 g/mol. The number of carboxylic acids is 1. The van der Waals surface area contributed by atoms with E-state index in [1.54, 1.807) is 4.90 Å². The number of aromatic nitrogens is 2. The third-order valence-electron chi connectivity index (χ3n) is 3.06. The van der Waals surface area contributed by atoms with E-state index in [2.05, 4.69) is 15.3 Å². The van der Waals surface area contributed by atoms with Crippen LogP contribution >= 0.6 is 0 Å². The van der Waals surface area contributed by atoms with Crippen LogP contribution in [0.4, 0.5) is 0 Å². The molecule has 1 fully saturated rings. The molecule has 9 nitrogen and oxygen atoms in total. The topological polar surface area (TPSA) is 125 Å². The Hall–Kier alpha value is -2.42. The average Bonchev–Trinajstić information content (AvgIpc) is 2.97. The van der Waals surface area contributed by atoms with Gasteiger partial charge in [-0.15, -0.1) is 0 Å². The Morgan fingerprint density at radius 3 is 2.76 bits per heavy atom. The molecule has 0 aliphatic carbocycles. The minimum Gasteiger partial charge on any atom is -0.477 e. The SMILES string of the molecule is O=C(NCCC(=O)N1CCOCC1)c1nc[nH]c1C(=O)O. The number of rotatable bonds is 5. The van der Waals surface area contributed by atoms with Crippen LogP contribution in [0.2, 0.25) is 0 Å². The van der Waals surface area contributed by atoms with Crippen LogP contribution in [0.15, 0.2) is 6.33 Å². The molecule has 3 N–H and O–H groups in total. The highest BCUT2D eigenvalue weighted by Gasteiger charge is 2.20. The van der Waals surface area contributed by atoms with Crippen LogP contribution in [-0.2, 0) is 9.53 Å². The molecule has 2 rings (SSSR count). The number of ether oxygens (including phenoxy) is 1. The number of carbonyl (C=O) groups excluding carboxylic acids is 2. The van der Waals surface area contributed by atoms with Gasteiger partial charge in [0, 0.05) is 26.1 Å². The van der Waals surface area contributed by atoms with E-state index < -0.39 is 11.9 Å². The summed E-state index contributed by atoms with van der Waals surface area (Å²) in [6.45, 7) is 2.27. The molecule has 1 aliphatic heterocycles. The van der Waals surface area contributed by atoms with Crippen molar-refractivity contribution in [2.75, 3.05) is 32.8 Å². The maximum atomic E-state index is 11.8. The first-order chi connectivity index (χ1) is 10.1. The number of morpholine rings is 1. The van der Waals surface area contributed by atoms with E-state index in [1.165, 1.54) is 0 Å². The van der Waals surface area contributed by atoms with E-state index in [0.717, 1.165) is 6.33 Å². The molecule has 9 heteroatoms. The Balaban J connectivity index is 1.80. The van der Waals surface area contributed by atoms with Crippen LogP contribution in [0.1, 0.15) is 27.4 Å². The normalized spacial score (nSPS) is 14.8. The third kappa shape index (κ3) is 3.78. The molecule has 0 radical (unpaired) electrons. The molecule has 1 aromatic rings. The van der Waals surface area contributed by atoms with Gasteiger partial charge in [0.05, 0.1) is 19.5 Å². The minimum absolute atomic E-state index is 0.0703. The quantitative estimate of drug-likeness (QED) is 0.646. The van der Waals surface area contributed by atoms with Crippen molar-refractivity contribution in [3.05, 3.63) is 17.7 Å². The summed E-state index contributed by atoms with van der Waals surface area (Å²) in [6, 6.07) is 0.